The number of aromatic nitrogens is 1. The molecule has 0 aliphatic rings. The number of nitrogens with one attached hydrogen (secondary N) is 1. The highest BCUT2D eigenvalue weighted by molar-refractivity contribution is 7.13. The summed E-state index contributed by atoms with van der Waals surface area (Å²) >= 11 is 7.43. The predicted octanol–water partition coefficient (Wildman–Crippen LogP) is 5.21. The largest absolute Gasteiger partial charge is 0.326 e. The molecule has 1 N–H and O–H groups in total. The van der Waals surface area contributed by atoms with Crippen molar-refractivity contribution in [2.24, 2.45) is 0 Å². The van der Waals surface area contributed by atoms with Crippen LogP contribution in [0.1, 0.15) is 18.2 Å². The van der Waals surface area contributed by atoms with E-state index in [2.05, 4.69) is 23.3 Å². The maximum atomic E-state index is 12.2. The zero-order valence-electron chi connectivity index (χ0n) is 13.3. The van der Waals surface area contributed by atoms with Gasteiger partial charge < -0.3 is 5.32 Å². The first-order valence-corrected chi connectivity index (χ1v) is 8.99. The number of aryl methyl sites for hydroxylation is 1. The summed E-state index contributed by atoms with van der Waals surface area (Å²) in [4.78, 5) is 16.7. The van der Waals surface area contributed by atoms with Gasteiger partial charge in [0, 0.05) is 21.7 Å². The maximum absolute atomic E-state index is 12.2. The third-order valence-corrected chi connectivity index (χ3v) is 4.80. The number of halogens is 1. The molecule has 0 bridgehead atoms. The molecule has 3 nitrogen and oxygen atoms in total. The molecule has 3 aromatic rings. The number of anilines is 1. The number of thiazole rings is 1. The number of rotatable bonds is 5. The maximum Gasteiger partial charge on any atom is 0.230 e. The lowest BCUT2D eigenvalue weighted by molar-refractivity contribution is -0.115. The lowest BCUT2D eigenvalue weighted by Gasteiger charge is -2.05. The predicted molar refractivity (Wildman–Crippen MR) is 101 cm³/mol. The second-order valence-electron chi connectivity index (χ2n) is 5.43. The van der Waals surface area contributed by atoms with Gasteiger partial charge in [-0.1, -0.05) is 42.8 Å². The SMILES string of the molecule is CCc1cccc(NC(=O)Cc2csc(-c3ccc(Cl)cc3)n2)c1. The Morgan fingerprint density at radius 1 is 1.21 bits per heavy atom. The van der Waals surface area contributed by atoms with Crippen LogP contribution in [0.2, 0.25) is 5.02 Å². The van der Waals surface area contributed by atoms with Gasteiger partial charge in [-0.15, -0.1) is 11.3 Å². The van der Waals surface area contributed by atoms with Crippen molar-refractivity contribution in [2.45, 2.75) is 19.8 Å². The summed E-state index contributed by atoms with van der Waals surface area (Å²) in [5.74, 6) is -0.0591. The molecule has 122 valence electrons. The molecule has 2 aromatic carbocycles. The van der Waals surface area contributed by atoms with Crippen LogP contribution in [0.3, 0.4) is 0 Å². The Bertz CT molecular complexity index is 843. The van der Waals surface area contributed by atoms with Gasteiger partial charge in [0.15, 0.2) is 0 Å². The molecular weight excluding hydrogens is 340 g/mol. The molecule has 0 aliphatic carbocycles. The van der Waals surface area contributed by atoms with Crippen molar-refractivity contribution < 1.29 is 4.79 Å². The summed E-state index contributed by atoms with van der Waals surface area (Å²) in [6, 6.07) is 15.4. The molecule has 1 heterocycles. The van der Waals surface area contributed by atoms with Crippen molar-refractivity contribution in [1.29, 1.82) is 0 Å². The molecule has 1 aromatic heterocycles. The van der Waals surface area contributed by atoms with E-state index in [0.29, 0.717) is 5.02 Å². The van der Waals surface area contributed by atoms with E-state index in [4.69, 9.17) is 11.6 Å². The first-order chi connectivity index (χ1) is 11.6. The third kappa shape index (κ3) is 4.22. The Hall–Kier alpha value is -2.17. The van der Waals surface area contributed by atoms with Crippen LogP contribution in [0.25, 0.3) is 10.6 Å². The van der Waals surface area contributed by atoms with Gasteiger partial charge >= 0.3 is 0 Å². The number of nitrogens with zero attached hydrogens (tertiary/aromatic N) is 1. The number of carbonyl (C=O) groups excluding carboxylic acids is 1. The molecule has 0 saturated carbocycles. The molecule has 0 unspecified atom stereocenters. The van der Waals surface area contributed by atoms with Crippen LogP contribution in [0.5, 0.6) is 0 Å². The van der Waals surface area contributed by atoms with Gasteiger partial charge in [-0.2, -0.15) is 0 Å². The van der Waals surface area contributed by atoms with Crippen LogP contribution in [-0.2, 0) is 17.6 Å². The van der Waals surface area contributed by atoms with Gasteiger partial charge in [0.05, 0.1) is 12.1 Å². The van der Waals surface area contributed by atoms with Crippen LogP contribution in [0, 0.1) is 0 Å². The van der Waals surface area contributed by atoms with Gasteiger partial charge in [0.1, 0.15) is 5.01 Å². The summed E-state index contributed by atoms with van der Waals surface area (Å²) in [6.45, 7) is 2.09. The van der Waals surface area contributed by atoms with Gasteiger partial charge in [0.25, 0.3) is 0 Å². The van der Waals surface area contributed by atoms with Crippen LogP contribution < -0.4 is 5.32 Å². The van der Waals surface area contributed by atoms with Crippen LogP contribution in [0.15, 0.2) is 53.9 Å². The van der Waals surface area contributed by atoms with E-state index in [-0.39, 0.29) is 12.3 Å². The Morgan fingerprint density at radius 3 is 2.75 bits per heavy atom. The molecule has 0 aliphatic heterocycles. The number of carbonyl (C=O) groups is 1. The number of amides is 1. The minimum atomic E-state index is -0.0591. The Morgan fingerprint density at radius 2 is 2.00 bits per heavy atom. The van der Waals surface area contributed by atoms with Crippen molar-refractivity contribution >= 4 is 34.5 Å². The second kappa shape index (κ2) is 7.60. The highest BCUT2D eigenvalue weighted by Gasteiger charge is 2.09. The Labute approximate surface area is 150 Å². The molecule has 24 heavy (non-hydrogen) atoms. The van der Waals surface area contributed by atoms with E-state index in [1.165, 1.54) is 16.9 Å². The van der Waals surface area contributed by atoms with Gasteiger partial charge in [0.2, 0.25) is 5.91 Å². The second-order valence-corrected chi connectivity index (χ2v) is 6.72. The van der Waals surface area contributed by atoms with E-state index in [9.17, 15) is 4.79 Å². The van der Waals surface area contributed by atoms with Crippen molar-refractivity contribution in [3.8, 4) is 10.6 Å². The lowest BCUT2D eigenvalue weighted by Crippen LogP contribution is -2.14. The molecule has 5 heteroatoms. The third-order valence-electron chi connectivity index (χ3n) is 3.60. The molecule has 0 spiro atoms. The molecular formula is C19H17ClN2OS. The van der Waals surface area contributed by atoms with Crippen molar-refractivity contribution in [2.75, 3.05) is 5.32 Å². The molecule has 0 radical (unpaired) electrons. The zero-order chi connectivity index (χ0) is 16.9. The lowest BCUT2D eigenvalue weighted by atomic mass is 10.1. The van der Waals surface area contributed by atoms with Crippen molar-refractivity contribution in [3.05, 3.63) is 70.2 Å². The van der Waals surface area contributed by atoms with Gasteiger partial charge in [-0.3, -0.25) is 4.79 Å². The first kappa shape index (κ1) is 16.7. The molecule has 0 fully saturated rings. The van der Waals surface area contributed by atoms with Crippen LogP contribution >= 0.6 is 22.9 Å². The van der Waals surface area contributed by atoms with Gasteiger partial charge in [-0.25, -0.2) is 4.98 Å². The summed E-state index contributed by atoms with van der Waals surface area (Å²) in [6.07, 6.45) is 1.21. The van der Waals surface area contributed by atoms with Crippen molar-refractivity contribution in [3.63, 3.8) is 0 Å². The van der Waals surface area contributed by atoms with Gasteiger partial charge in [-0.05, 0) is 36.2 Å². The summed E-state index contributed by atoms with van der Waals surface area (Å²) in [5.41, 5.74) is 3.81. The highest BCUT2D eigenvalue weighted by Crippen LogP contribution is 2.25. The monoisotopic (exact) mass is 356 g/mol. The minimum absolute atomic E-state index is 0.0591. The number of benzene rings is 2. The average Bonchev–Trinajstić information content (AvgIpc) is 3.04. The molecule has 3 rings (SSSR count). The zero-order valence-corrected chi connectivity index (χ0v) is 14.8. The van der Waals surface area contributed by atoms with E-state index in [0.717, 1.165) is 28.4 Å². The highest BCUT2D eigenvalue weighted by atomic mass is 35.5. The summed E-state index contributed by atoms with van der Waals surface area (Å²) in [7, 11) is 0. The average molecular weight is 357 g/mol. The molecule has 0 atom stereocenters. The van der Waals surface area contributed by atoms with E-state index >= 15 is 0 Å². The minimum Gasteiger partial charge on any atom is -0.326 e. The fraction of sp³-hybridized carbons (Fsp3) is 0.158. The molecule has 0 saturated heterocycles. The Balaban J connectivity index is 1.65. The number of hydrogen-bond acceptors (Lipinski definition) is 3. The van der Waals surface area contributed by atoms with E-state index in [1.54, 1.807) is 0 Å². The van der Waals surface area contributed by atoms with E-state index < -0.39 is 0 Å². The van der Waals surface area contributed by atoms with Crippen LogP contribution in [-0.4, -0.2) is 10.9 Å². The Kier molecular flexibility index (Phi) is 5.28. The summed E-state index contributed by atoms with van der Waals surface area (Å²) in [5, 5.41) is 6.44. The standard InChI is InChI=1S/C19H17ClN2OS/c1-2-13-4-3-5-16(10-13)21-18(23)11-17-12-24-19(22-17)14-6-8-15(20)9-7-14/h3-10,12H,2,11H2,1H3,(H,21,23). The smallest absolute Gasteiger partial charge is 0.230 e. The van der Waals surface area contributed by atoms with E-state index in [1.807, 2.05) is 47.8 Å². The number of hydrogen-bond donors (Lipinski definition) is 1. The molecule has 1 amide bonds. The topological polar surface area (TPSA) is 42.0 Å². The van der Waals surface area contributed by atoms with Crippen LogP contribution in [0.4, 0.5) is 5.69 Å². The quantitative estimate of drug-likeness (QED) is 0.682. The fourth-order valence-corrected chi connectivity index (χ4v) is 3.30. The normalized spacial score (nSPS) is 10.6. The fourth-order valence-electron chi connectivity index (χ4n) is 2.35. The van der Waals surface area contributed by atoms with Crippen molar-refractivity contribution in [1.82, 2.24) is 4.98 Å². The summed E-state index contributed by atoms with van der Waals surface area (Å²) < 4.78 is 0. The first-order valence-electron chi connectivity index (χ1n) is 7.73.